The summed E-state index contributed by atoms with van der Waals surface area (Å²) in [5.41, 5.74) is 8.89. The van der Waals surface area contributed by atoms with Gasteiger partial charge in [-0.1, -0.05) is 6.07 Å². The molecule has 4 nitrogen and oxygen atoms in total. The van der Waals surface area contributed by atoms with Gasteiger partial charge in [0.1, 0.15) is 5.75 Å². The van der Waals surface area contributed by atoms with E-state index in [1.54, 1.807) is 18.9 Å². The largest absolute Gasteiger partial charge is 0.497 e. The van der Waals surface area contributed by atoms with Crippen molar-refractivity contribution in [2.45, 2.75) is 17.7 Å². The maximum atomic E-state index is 12.6. The molecule has 0 bridgehead atoms. The molecule has 0 aliphatic carbocycles. The Kier molecular flexibility index (Phi) is 6.40. The number of carbonyl (C=O) groups excluding carboxylic acids is 1. The molecule has 1 amide bonds. The van der Waals surface area contributed by atoms with Gasteiger partial charge >= 0.3 is 0 Å². The predicted molar refractivity (Wildman–Crippen MR) is 102 cm³/mol. The predicted octanol–water partition coefficient (Wildman–Crippen LogP) is 3.77. The van der Waals surface area contributed by atoms with E-state index in [0.29, 0.717) is 5.75 Å². The number of ether oxygens (including phenoxy) is 1. The van der Waals surface area contributed by atoms with Crippen LogP contribution in [-0.2, 0) is 11.2 Å². The SMILES string of the molecule is COc1ccc(SCC(=O)N2CCCc3c(N)cccc32)cc1.Cl. The van der Waals surface area contributed by atoms with Gasteiger partial charge in [0, 0.05) is 22.8 Å². The van der Waals surface area contributed by atoms with Crippen LogP contribution in [0.15, 0.2) is 47.4 Å². The quantitative estimate of drug-likeness (QED) is 0.662. The van der Waals surface area contributed by atoms with Crippen LogP contribution < -0.4 is 15.4 Å². The molecule has 2 aromatic rings. The highest BCUT2D eigenvalue weighted by Gasteiger charge is 2.23. The number of thioether (sulfide) groups is 1. The highest BCUT2D eigenvalue weighted by Crippen LogP contribution is 2.32. The average molecular weight is 365 g/mol. The molecule has 2 aromatic carbocycles. The summed E-state index contributed by atoms with van der Waals surface area (Å²) >= 11 is 1.54. The first-order chi connectivity index (χ1) is 11.2. The van der Waals surface area contributed by atoms with Gasteiger partial charge in [-0.25, -0.2) is 0 Å². The second kappa shape index (κ2) is 8.31. The smallest absolute Gasteiger partial charge is 0.237 e. The molecule has 0 saturated carbocycles. The highest BCUT2D eigenvalue weighted by molar-refractivity contribution is 8.00. The average Bonchev–Trinajstić information content (AvgIpc) is 2.60. The van der Waals surface area contributed by atoms with Crippen LogP contribution in [0.3, 0.4) is 0 Å². The van der Waals surface area contributed by atoms with E-state index in [0.717, 1.165) is 47.0 Å². The Morgan fingerprint density at radius 3 is 2.71 bits per heavy atom. The Bertz CT molecular complexity index is 707. The standard InChI is InChI=1S/C18H20N2O2S.ClH/c1-22-13-7-9-14(10-8-13)23-12-18(21)20-11-3-4-15-16(19)5-2-6-17(15)20;/h2,5-10H,3-4,11-12,19H2,1H3;1H. The highest BCUT2D eigenvalue weighted by atomic mass is 35.5. The van der Waals surface area contributed by atoms with Crippen molar-refractivity contribution in [2.24, 2.45) is 0 Å². The van der Waals surface area contributed by atoms with E-state index in [2.05, 4.69) is 0 Å². The van der Waals surface area contributed by atoms with E-state index in [-0.39, 0.29) is 18.3 Å². The number of amides is 1. The Hall–Kier alpha value is -1.85. The number of carbonyl (C=O) groups is 1. The fourth-order valence-corrected chi connectivity index (χ4v) is 3.58. The molecule has 6 heteroatoms. The van der Waals surface area contributed by atoms with Crippen LogP contribution in [0.1, 0.15) is 12.0 Å². The molecule has 24 heavy (non-hydrogen) atoms. The van der Waals surface area contributed by atoms with Crippen LogP contribution in [0.4, 0.5) is 11.4 Å². The molecule has 0 unspecified atom stereocenters. The number of nitrogens with zero attached hydrogens (tertiary/aromatic N) is 1. The molecule has 1 heterocycles. The van der Waals surface area contributed by atoms with Gasteiger partial charge in [0.2, 0.25) is 5.91 Å². The summed E-state index contributed by atoms with van der Waals surface area (Å²) in [6, 6.07) is 13.6. The van der Waals surface area contributed by atoms with Crippen molar-refractivity contribution in [2.75, 3.05) is 30.0 Å². The zero-order valence-electron chi connectivity index (χ0n) is 13.5. The third-order valence-electron chi connectivity index (χ3n) is 4.01. The number of hydrogen-bond acceptors (Lipinski definition) is 4. The van der Waals surface area contributed by atoms with Crippen molar-refractivity contribution < 1.29 is 9.53 Å². The zero-order valence-corrected chi connectivity index (χ0v) is 15.2. The normalized spacial score (nSPS) is 13.0. The maximum Gasteiger partial charge on any atom is 0.237 e. The van der Waals surface area contributed by atoms with E-state index in [9.17, 15) is 4.79 Å². The van der Waals surface area contributed by atoms with E-state index in [4.69, 9.17) is 10.5 Å². The summed E-state index contributed by atoms with van der Waals surface area (Å²) in [4.78, 5) is 15.5. The molecule has 0 radical (unpaired) electrons. The molecule has 0 fully saturated rings. The Balaban J connectivity index is 0.00000208. The van der Waals surface area contributed by atoms with Crippen molar-refractivity contribution in [1.82, 2.24) is 0 Å². The molecular weight excluding hydrogens is 344 g/mol. The van der Waals surface area contributed by atoms with Crippen molar-refractivity contribution in [3.05, 3.63) is 48.0 Å². The summed E-state index contributed by atoms with van der Waals surface area (Å²) in [5.74, 6) is 1.36. The molecule has 0 spiro atoms. The van der Waals surface area contributed by atoms with Crippen LogP contribution in [0.2, 0.25) is 0 Å². The second-order valence-electron chi connectivity index (χ2n) is 5.46. The number of anilines is 2. The lowest BCUT2D eigenvalue weighted by atomic mass is 10.00. The minimum Gasteiger partial charge on any atom is -0.497 e. The van der Waals surface area contributed by atoms with E-state index < -0.39 is 0 Å². The molecule has 3 rings (SSSR count). The summed E-state index contributed by atoms with van der Waals surface area (Å²) in [6.07, 6.45) is 1.90. The van der Waals surface area contributed by atoms with Gasteiger partial charge in [-0.3, -0.25) is 4.79 Å². The van der Waals surface area contributed by atoms with Crippen molar-refractivity contribution in [3.8, 4) is 5.75 Å². The maximum absolute atomic E-state index is 12.6. The number of fused-ring (bicyclic) bond motifs is 1. The van der Waals surface area contributed by atoms with Gasteiger partial charge in [0.05, 0.1) is 12.9 Å². The number of nitrogens with two attached hydrogens (primary N) is 1. The minimum absolute atomic E-state index is 0. The monoisotopic (exact) mass is 364 g/mol. The first-order valence-electron chi connectivity index (χ1n) is 7.63. The zero-order chi connectivity index (χ0) is 16.2. The lowest BCUT2D eigenvalue weighted by molar-refractivity contribution is -0.116. The fourth-order valence-electron chi connectivity index (χ4n) is 2.81. The lowest BCUT2D eigenvalue weighted by Crippen LogP contribution is -2.36. The summed E-state index contributed by atoms with van der Waals surface area (Å²) in [7, 11) is 1.64. The first-order valence-corrected chi connectivity index (χ1v) is 8.62. The Morgan fingerprint density at radius 1 is 1.25 bits per heavy atom. The van der Waals surface area contributed by atoms with Crippen molar-refractivity contribution in [3.63, 3.8) is 0 Å². The Morgan fingerprint density at radius 2 is 2.00 bits per heavy atom. The number of hydrogen-bond donors (Lipinski definition) is 1. The van der Waals surface area contributed by atoms with E-state index in [1.807, 2.05) is 47.4 Å². The van der Waals surface area contributed by atoms with Crippen molar-refractivity contribution >= 4 is 41.5 Å². The van der Waals surface area contributed by atoms with E-state index >= 15 is 0 Å². The van der Waals surface area contributed by atoms with Crippen LogP contribution >= 0.6 is 24.2 Å². The third-order valence-corrected chi connectivity index (χ3v) is 5.01. The van der Waals surface area contributed by atoms with Crippen LogP contribution in [0.25, 0.3) is 0 Å². The molecule has 0 saturated heterocycles. The number of benzene rings is 2. The lowest BCUT2D eigenvalue weighted by Gasteiger charge is -2.30. The van der Waals surface area contributed by atoms with Crippen LogP contribution in [0.5, 0.6) is 5.75 Å². The van der Waals surface area contributed by atoms with Gasteiger partial charge in [-0.15, -0.1) is 24.2 Å². The number of methoxy groups -OCH3 is 1. The van der Waals surface area contributed by atoms with Crippen molar-refractivity contribution in [1.29, 1.82) is 0 Å². The Labute approximate surface area is 152 Å². The fraction of sp³-hybridized carbons (Fsp3) is 0.278. The van der Waals surface area contributed by atoms with Gasteiger partial charge in [0.15, 0.2) is 0 Å². The molecule has 2 N–H and O–H groups in total. The molecule has 1 aliphatic heterocycles. The van der Waals surface area contributed by atoms with E-state index in [1.165, 1.54) is 0 Å². The molecule has 128 valence electrons. The second-order valence-corrected chi connectivity index (χ2v) is 6.51. The number of nitrogen functional groups attached to an aromatic ring is 1. The van der Waals surface area contributed by atoms with Gasteiger partial charge in [-0.2, -0.15) is 0 Å². The molecule has 0 atom stereocenters. The van der Waals surface area contributed by atoms with Crippen LogP contribution in [0, 0.1) is 0 Å². The topological polar surface area (TPSA) is 55.6 Å². The number of rotatable bonds is 4. The molecule has 1 aliphatic rings. The van der Waals surface area contributed by atoms with Gasteiger partial charge in [-0.05, 0) is 54.8 Å². The molecule has 0 aromatic heterocycles. The summed E-state index contributed by atoms with van der Waals surface area (Å²) in [6.45, 7) is 0.762. The molecular formula is C18H21ClN2O2S. The summed E-state index contributed by atoms with van der Waals surface area (Å²) < 4.78 is 5.14. The first kappa shape index (κ1) is 18.5. The van der Waals surface area contributed by atoms with Gasteiger partial charge < -0.3 is 15.4 Å². The minimum atomic E-state index is 0. The third kappa shape index (κ3) is 3.97. The number of halogens is 1. The summed E-state index contributed by atoms with van der Waals surface area (Å²) in [5, 5.41) is 0. The van der Waals surface area contributed by atoms with Crippen LogP contribution in [-0.4, -0.2) is 25.3 Å². The van der Waals surface area contributed by atoms with Gasteiger partial charge in [0.25, 0.3) is 0 Å².